The molecule has 0 radical (unpaired) electrons. The molecule has 0 saturated carbocycles. The summed E-state index contributed by atoms with van der Waals surface area (Å²) in [5.41, 5.74) is -1.70. The molecule has 1 saturated heterocycles. The fraction of sp³-hybridized carbons (Fsp3) is 0.389. The highest BCUT2D eigenvalue weighted by Gasteiger charge is 2.36. The van der Waals surface area contributed by atoms with E-state index in [1.165, 1.54) is 13.1 Å². The summed E-state index contributed by atoms with van der Waals surface area (Å²) in [6.07, 6.45) is -2.08. The van der Waals surface area contributed by atoms with E-state index < -0.39 is 28.6 Å². The summed E-state index contributed by atoms with van der Waals surface area (Å²) in [4.78, 5) is 36.8. The molecule has 0 aromatic carbocycles. The maximum absolute atomic E-state index is 13.7. The molecule has 2 N–H and O–H groups in total. The number of H-pyrrole nitrogens is 2. The van der Waals surface area contributed by atoms with Crippen LogP contribution >= 0.6 is 0 Å². The third-order valence-electron chi connectivity index (χ3n) is 4.98. The average Bonchev–Trinajstić information content (AvgIpc) is 3.20. The van der Waals surface area contributed by atoms with E-state index in [-0.39, 0.29) is 29.6 Å². The first-order valence-electron chi connectivity index (χ1n) is 9.01. The summed E-state index contributed by atoms with van der Waals surface area (Å²) in [7, 11) is 0. The molecule has 0 spiro atoms. The van der Waals surface area contributed by atoms with E-state index in [0.29, 0.717) is 25.1 Å². The van der Waals surface area contributed by atoms with Gasteiger partial charge < -0.3 is 9.88 Å². The zero-order valence-corrected chi connectivity index (χ0v) is 15.4. The van der Waals surface area contributed by atoms with Gasteiger partial charge in [-0.1, -0.05) is 0 Å². The van der Waals surface area contributed by atoms with Gasteiger partial charge in [0.1, 0.15) is 11.5 Å². The summed E-state index contributed by atoms with van der Waals surface area (Å²) >= 11 is 0. The Morgan fingerprint density at radius 2 is 2.10 bits per heavy atom. The molecule has 4 rings (SSSR count). The van der Waals surface area contributed by atoms with Crippen LogP contribution < -0.4 is 5.56 Å². The van der Waals surface area contributed by atoms with Crippen molar-refractivity contribution in [3.05, 3.63) is 51.5 Å². The molecule has 1 aliphatic rings. The molecule has 11 heteroatoms. The molecule has 1 atom stereocenters. The Hall–Kier alpha value is -3.24. The van der Waals surface area contributed by atoms with Crippen LogP contribution in [0.3, 0.4) is 0 Å². The van der Waals surface area contributed by atoms with Crippen LogP contribution in [0, 0.1) is 6.92 Å². The fourth-order valence-corrected chi connectivity index (χ4v) is 3.65. The van der Waals surface area contributed by atoms with Gasteiger partial charge in [-0.3, -0.25) is 14.7 Å². The van der Waals surface area contributed by atoms with Gasteiger partial charge in [-0.25, -0.2) is 9.97 Å². The molecule has 1 fully saturated rings. The highest BCUT2D eigenvalue weighted by molar-refractivity contribution is 5.92. The number of hydrogen-bond donors (Lipinski definition) is 2. The van der Waals surface area contributed by atoms with Gasteiger partial charge in [-0.05, 0) is 31.9 Å². The topological polar surface area (TPSA) is 108 Å². The molecule has 1 unspecified atom stereocenters. The number of nitrogens with one attached hydrogen (secondary N) is 2. The second-order valence-corrected chi connectivity index (χ2v) is 7.00. The third-order valence-corrected chi connectivity index (χ3v) is 4.98. The number of alkyl halides is 3. The highest BCUT2D eigenvalue weighted by Crippen LogP contribution is 2.36. The Morgan fingerprint density at radius 1 is 1.31 bits per heavy atom. The number of likely N-dealkylation sites (tertiary alicyclic amines) is 1. The smallest absolute Gasteiger partial charge is 0.337 e. The quantitative estimate of drug-likeness (QED) is 0.680. The van der Waals surface area contributed by atoms with Gasteiger partial charge in [0.2, 0.25) is 0 Å². The summed E-state index contributed by atoms with van der Waals surface area (Å²) in [6.45, 7) is 2.19. The van der Waals surface area contributed by atoms with E-state index >= 15 is 0 Å². The molecule has 3 aromatic rings. The lowest BCUT2D eigenvalue weighted by molar-refractivity contribution is -0.136. The van der Waals surface area contributed by atoms with Crippen molar-refractivity contribution in [2.24, 2.45) is 0 Å². The van der Waals surface area contributed by atoms with Crippen molar-refractivity contribution in [3.8, 4) is 0 Å². The van der Waals surface area contributed by atoms with E-state index in [1.54, 1.807) is 11.0 Å². The number of halogens is 3. The number of aryl methyl sites for hydroxylation is 1. The van der Waals surface area contributed by atoms with Gasteiger partial charge in [0.05, 0.1) is 10.9 Å². The van der Waals surface area contributed by atoms with Crippen molar-refractivity contribution in [1.29, 1.82) is 0 Å². The lowest BCUT2D eigenvalue weighted by Gasteiger charge is -2.32. The number of aromatic nitrogens is 5. The Morgan fingerprint density at radius 3 is 2.79 bits per heavy atom. The molecular weight excluding hydrogens is 389 g/mol. The second-order valence-electron chi connectivity index (χ2n) is 7.00. The predicted molar refractivity (Wildman–Crippen MR) is 96.4 cm³/mol. The first kappa shape index (κ1) is 19.1. The van der Waals surface area contributed by atoms with Crippen molar-refractivity contribution < 1.29 is 18.0 Å². The zero-order chi connectivity index (χ0) is 20.8. The monoisotopic (exact) mass is 406 g/mol. The maximum Gasteiger partial charge on any atom is 0.417 e. The number of piperidine rings is 1. The molecule has 3 aromatic heterocycles. The van der Waals surface area contributed by atoms with Gasteiger partial charge in [0, 0.05) is 30.9 Å². The van der Waals surface area contributed by atoms with E-state index in [2.05, 4.69) is 25.1 Å². The Labute approximate surface area is 162 Å². The molecule has 29 heavy (non-hydrogen) atoms. The highest BCUT2D eigenvalue weighted by atomic mass is 19.4. The predicted octanol–water partition coefficient (Wildman–Crippen LogP) is 2.39. The van der Waals surface area contributed by atoms with E-state index in [1.807, 2.05) is 0 Å². The summed E-state index contributed by atoms with van der Waals surface area (Å²) in [5, 5.41) is 5.78. The van der Waals surface area contributed by atoms with Crippen LogP contribution in [0.2, 0.25) is 0 Å². The second kappa shape index (κ2) is 6.98. The molecule has 4 heterocycles. The number of pyridine rings is 1. The molecule has 0 aliphatic carbocycles. The average molecular weight is 406 g/mol. The van der Waals surface area contributed by atoms with Crippen molar-refractivity contribution in [1.82, 2.24) is 30.0 Å². The fourth-order valence-electron chi connectivity index (χ4n) is 3.65. The van der Waals surface area contributed by atoms with Crippen LogP contribution in [0.5, 0.6) is 0 Å². The third kappa shape index (κ3) is 3.59. The van der Waals surface area contributed by atoms with Crippen LogP contribution in [0.4, 0.5) is 13.2 Å². The number of amides is 1. The van der Waals surface area contributed by atoms with Gasteiger partial charge in [0.15, 0.2) is 5.65 Å². The Balaban J connectivity index is 1.75. The van der Waals surface area contributed by atoms with Crippen LogP contribution in [0.15, 0.2) is 23.1 Å². The van der Waals surface area contributed by atoms with Crippen molar-refractivity contribution in [2.45, 2.75) is 31.9 Å². The zero-order valence-electron chi connectivity index (χ0n) is 15.4. The molecule has 1 amide bonds. The SMILES string of the molecule is Cc1nc2nc(C3CCCN(C(=O)c4ccn[nH]4)C3)cc(C(F)(F)F)c2c(=O)[nH]1. The number of nitrogens with zero attached hydrogens (tertiary/aromatic N) is 4. The normalized spacial score (nSPS) is 17.7. The van der Waals surface area contributed by atoms with Crippen LogP contribution in [0.25, 0.3) is 11.0 Å². The standard InChI is InChI=1S/C18H17F3N6O2/c1-9-23-15-14(16(28)24-9)11(18(19,20)21)7-13(25-15)10-3-2-6-27(8-10)17(29)12-4-5-22-26-12/h4-5,7,10H,2-3,6,8H2,1H3,(H,22,26)(H,23,24,25,28). The lowest BCUT2D eigenvalue weighted by atomic mass is 9.92. The number of carbonyl (C=O) groups is 1. The Kier molecular flexibility index (Phi) is 4.59. The molecule has 8 nitrogen and oxygen atoms in total. The summed E-state index contributed by atoms with van der Waals surface area (Å²) in [6, 6.07) is 2.45. The van der Waals surface area contributed by atoms with E-state index in [0.717, 1.165) is 6.07 Å². The first-order chi connectivity index (χ1) is 13.7. The molecule has 0 bridgehead atoms. The summed E-state index contributed by atoms with van der Waals surface area (Å²) in [5.74, 6) is -0.489. The number of aromatic amines is 2. The minimum atomic E-state index is -4.74. The minimum absolute atomic E-state index is 0.171. The van der Waals surface area contributed by atoms with Gasteiger partial charge in [-0.15, -0.1) is 0 Å². The number of rotatable bonds is 2. The molecular formula is C18H17F3N6O2. The van der Waals surface area contributed by atoms with E-state index in [9.17, 15) is 22.8 Å². The van der Waals surface area contributed by atoms with Crippen LogP contribution in [0.1, 0.15) is 46.3 Å². The number of fused-ring (bicyclic) bond motifs is 1. The molecule has 1 aliphatic heterocycles. The van der Waals surface area contributed by atoms with Crippen LogP contribution in [-0.2, 0) is 6.18 Å². The number of carbonyl (C=O) groups excluding carboxylic acids is 1. The van der Waals surface area contributed by atoms with Gasteiger partial charge in [-0.2, -0.15) is 18.3 Å². The van der Waals surface area contributed by atoms with Gasteiger partial charge in [0.25, 0.3) is 11.5 Å². The first-order valence-corrected chi connectivity index (χ1v) is 9.01. The summed E-state index contributed by atoms with van der Waals surface area (Å²) < 4.78 is 41.0. The maximum atomic E-state index is 13.7. The minimum Gasteiger partial charge on any atom is -0.337 e. The van der Waals surface area contributed by atoms with Gasteiger partial charge >= 0.3 is 6.18 Å². The molecule has 152 valence electrons. The largest absolute Gasteiger partial charge is 0.417 e. The van der Waals surface area contributed by atoms with E-state index in [4.69, 9.17) is 0 Å². The van der Waals surface area contributed by atoms with Crippen molar-refractivity contribution in [3.63, 3.8) is 0 Å². The van der Waals surface area contributed by atoms with Crippen molar-refractivity contribution >= 4 is 16.9 Å². The van der Waals surface area contributed by atoms with Crippen molar-refractivity contribution in [2.75, 3.05) is 13.1 Å². The Bertz CT molecular complexity index is 1120. The lowest BCUT2D eigenvalue weighted by Crippen LogP contribution is -2.39. The number of hydrogen-bond acceptors (Lipinski definition) is 5. The van der Waals surface area contributed by atoms with Crippen LogP contribution in [-0.4, -0.2) is 49.0 Å².